The van der Waals surface area contributed by atoms with Crippen LogP contribution in [0, 0.1) is 11.8 Å². The monoisotopic (exact) mass is 454 g/mol. The maximum absolute atomic E-state index is 12.6. The third kappa shape index (κ3) is 12.7. The fourth-order valence-electron chi connectivity index (χ4n) is 4.63. The third-order valence-electron chi connectivity index (χ3n) is 6.84. The lowest BCUT2D eigenvalue weighted by Crippen LogP contribution is -2.43. The molecule has 0 bridgehead atoms. The van der Waals surface area contributed by atoms with Gasteiger partial charge in [-0.3, -0.25) is 4.79 Å². The number of hydrogen-bond donors (Lipinski definition) is 2. The van der Waals surface area contributed by atoms with Gasteiger partial charge in [-0.15, -0.1) is 0 Å². The van der Waals surface area contributed by atoms with E-state index in [1.807, 2.05) is 11.8 Å². The molecule has 0 spiro atoms. The number of carboxylic acid groups (broad SMARTS) is 1. The molecule has 0 radical (unpaired) electrons. The number of unbranched alkanes of at least 4 members (excludes halogenated alkanes) is 5. The molecule has 0 heterocycles. The Morgan fingerprint density at radius 2 is 1.78 bits per heavy atom. The van der Waals surface area contributed by atoms with Gasteiger partial charge in [0.1, 0.15) is 0 Å². The van der Waals surface area contributed by atoms with Crippen LogP contribution in [-0.2, 0) is 9.53 Å². The molecule has 1 saturated carbocycles. The number of amides is 2. The summed E-state index contributed by atoms with van der Waals surface area (Å²) in [4.78, 5) is 25.8. The van der Waals surface area contributed by atoms with E-state index in [4.69, 9.17) is 4.74 Å². The summed E-state index contributed by atoms with van der Waals surface area (Å²) >= 11 is 0. The van der Waals surface area contributed by atoms with Crippen molar-refractivity contribution in [3.63, 3.8) is 0 Å². The zero-order chi connectivity index (χ0) is 23.6. The molecule has 188 valence electrons. The van der Waals surface area contributed by atoms with Gasteiger partial charge in [-0.05, 0) is 50.9 Å². The molecule has 0 aromatic rings. The van der Waals surface area contributed by atoms with E-state index in [2.05, 4.69) is 19.2 Å². The van der Waals surface area contributed by atoms with E-state index in [1.165, 1.54) is 32.1 Å². The van der Waals surface area contributed by atoms with Gasteiger partial charge < -0.3 is 20.1 Å². The Kier molecular flexibility index (Phi) is 16.3. The first kappa shape index (κ1) is 28.7. The van der Waals surface area contributed by atoms with Crippen LogP contribution in [0.3, 0.4) is 0 Å². The number of nitrogens with one attached hydrogen (secondary N) is 1. The van der Waals surface area contributed by atoms with Crippen molar-refractivity contribution in [3.05, 3.63) is 0 Å². The molecular weight excluding hydrogens is 404 g/mol. The average molecular weight is 455 g/mol. The number of urea groups is 1. The number of ether oxygens (including phenoxy) is 1. The lowest BCUT2D eigenvalue weighted by Gasteiger charge is -2.31. The molecule has 2 N–H and O–H groups in total. The highest BCUT2D eigenvalue weighted by atomic mass is 16.5. The first-order chi connectivity index (χ1) is 15.5. The van der Waals surface area contributed by atoms with Crippen molar-refractivity contribution in [1.29, 1.82) is 0 Å². The normalized spacial score (nSPS) is 19.5. The highest BCUT2D eigenvalue weighted by molar-refractivity contribution is 5.74. The second-order valence-corrected chi connectivity index (χ2v) is 9.53. The van der Waals surface area contributed by atoms with E-state index in [1.54, 1.807) is 0 Å². The van der Waals surface area contributed by atoms with E-state index in [9.17, 15) is 14.7 Å². The Morgan fingerprint density at radius 1 is 1.03 bits per heavy atom. The molecule has 0 aromatic heterocycles. The van der Waals surface area contributed by atoms with Gasteiger partial charge in [0.05, 0.1) is 18.6 Å². The highest BCUT2D eigenvalue weighted by Crippen LogP contribution is 2.31. The minimum absolute atomic E-state index is 0.0401. The summed E-state index contributed by atoms with van der Waals surface area (Å²) in [6, 6.07) is 0.0401. The minimum atomic E-state index is -0.664. The van der Waals surface area contributed by atoms with Crippen molar-refractivity contribution >= 4 is 12.0 Å². The van der Waals surface area contributed by atoms with Crippen LogP contribution in [0.1, 0.15) is 111 Å². The van der Waals surface area contributed by atoms with Crippen LogP contribution in [0.15, 0.2) is 0 Å². The topological polar surface area (TPSA) is 78.9 Å². The first-order valence-electron chi connectivity index (χ1n) is 13.4. The van der Waals surface area contributed by atoms with Gasteiger partial charge in [0, 0.05) is 19.6 Å². The number of carboxylic acids is 1. The maximum atomic E-state index is 12.6. The number of aliphatic carboxylic acids is 1. The van der Waals surface area contributed by atoms with Gasteiger partial charge in [-0.1, -0.05) is 65.7 Å². The van der Waals surface area contributed by atoms with Crippen LogP contribution >= 0.6 is 0 Å². The van der Waals surface area contributed by atoms with Crippen molar-refractivity contribution < 1.29 is 19.4 Å². The van der Waals surface area contributed by atoms with E-state index in [0.29, 0.717) is 25.5 Å². The Labute approximate surface area is 196 Å². The Morgan fingerprint density at radius 3 is 2.47 bits per heavy atom. The summed E-state index contributed by atoms with van der Waals surface area (Å²) in [6.07, 6.45) is 15.2. The lowest BCUT2D eigenvalue weighted by molar-refractivity contribution is -0.142. The summed E-state index contributed by atoms with van der Waals surface area (Å²) in [5, 5.41) is 12.3. The minimum Gasteiger partial charge on any atom is -0.481 e. The average Bonchev–Trinajstić information content (AvgIpc) is 2.78. The molecule has 0 aliphatic heterocycles. The standard InChI is InChI=1S/C26H50N2O4/c1-4-7-9-10-11-18-28(26(31)27-17-8-5-2)19-20-32-24-14-12-13-22(21-24)15-16-23(6-3)25(29)30/h22-24H,4-21H2,1-3H3,(H,27,31)(H,29,30). The van der Waals surface area contributed by atoms with E-state index in [0.717, 1.165) is 64.5 Å². The summed E-state index contributed by atoms with van der Waals surface area (Å²) in [6.45, 7) is 9.07. The molecular formula is C26H50N2O4. The van der Waals surface area contributed by atoms with Crippen LogP contribution in [0.2, 0.25) is 0 Å². The van der Waals surface area contributed by atoms with Crippen molar-refractivity contribution in [2.75, 3.05) is 26.2 Å². The fourth-order valence-corrected chi connectivity index (χ4v) is 4.63. The number of rotatable bonds is 18. The van der Waals surface area contributed by atoms with Crippen molar-refractivity contribution in [3.8, 4) is 0 Å². The zero-order valence-electron chi connectivity index (χ0n) is 21.1. The molecule has 32 heavy (non-hydrogen) atoms. The summed E-state index contributed by atoms with van der Waals surface area (Å²) < 4.78 is 6.21. The van der Waals surface area contributed by atoms with Crippen LogP contribution in [0.5, 0.6) is 0 Å². The molecule has 3 atom stereocenters. The molecule has 3 unspecified atom stereocenters. The number of carbonyl (C=O) groups excluding carboxylic acids is 1. The molecule has 1 rings (SSSR count). The Balaban J connectivity index is 2.40. The van der Waals surface area contributed by atoms with Crippen molar-refractivity contribution in [2.45, 2.75) is 117 Å². The second kappa shape index (κ2) is 18.2. The van der Waals surface area contributed by atoms with Crippen molar-refractivity contribution in [1.82, 2.24) is 10.2 Å². The number of nitrogens with zero attached hydrogens (tertiary/aromatic N) is 1. The van der Waals surface area contributed by atoms with Gasteiger partial charge >= 0.3 is 12.0 Å². The molecule has 6 nitrogen and oxygen atoms in total. The van der Waals surface area contributed by atoms with E-state index in [-0.39, 0.29) is 18.1 Å². The van der Waals surface area contributed by atoms with Crippen molar-refractivity contribution in [2.24, 2.45) is 11.8 Å². The largest absolute Gasteiger partial charge is 0.481 e. The fraction of sp³-hybridized carbons (Fsp3) is 0.923. The molecule has 0 aromatic carbocycles. The Bertz CT molecular complexity index is 500. The summed E-state index contributed by atoms with van der Waals surface area (Å²) in [5.74, 6) is -0.314. The number of hydrogen-bond acceptors (Lipinski definition) is 3. The van der Waals surface area contributed by atoms with Gasteiger partial charge in [0.15, 0.2) is 0 Å². The van der Waals surface area contributed by atoms with E-state index >= 15 is 0 Å². The van der Waals surface area contributed by atoms with Crippen LogP contribution < -0.4 is 5.32 Å². The molecule has 1 fully saturated rings. The van der Waals surface area contributed by atoms with Crippen LogP contribution in [0.4, 0.5) is 4.79 Å². The number of carbonyl (C=O) groups is 2. The molecule has 1 aliphatic rings. The maximum Gasteiger partial charge on any atom is 0.317 e. The summed E-state index contributed by atoms with van der Waals surface area (Å²) in [7, 11) is 0. The lowest BCUT2D eigenvalue weighted by atomic mass is 9.82. The van der Waals surface area contributed by atoms with E-state index < -0.39 is 5.97 Å². The van der Waals surface area contributed by atoms with Crippen LogP contribution in [0.25, 0.3) is 0 Å². The molecule has 2 amide bonds. The quantitative estimate of drug-likeness (QED) is 0.240. The summed E-state index contributed by atoms with van der Waals surface area (Å²) in [5.41, 5.74) is 0. The van der Waals surface area contributed by atoms with Gasteiger partial charge in [0.25, 0.3) is 0 Å². The van der Waals surface area contributed by atoms with Gasteiger partial charge in [-0.2, -0.15) is 0 Å². The molecule has 1 aliphatic carbocycles. The van der Waals surface area contributed by atoms with Crippen LogP contribution in [-0.4, -0.2) is 54.4 Å². The molecule has 6 heteroatoms. The Hall–Kier alpha value is -1.30. The smallest absolute Gasteiger partial charge is 0.317 e. The zero-order valence-corrected chi connectivity index (χ0v) is 21.1. The van der Waals surface area contributed by atoms with Gasteiger partial charge in [-0.25, -0.2) is 4.79 Å². The molecule has 0 saturated heterocycles. The SMILES string of the molecule is CCCCCCCN(CCOC1CCCC(CCC(CC)C(=O)O)C1)C(=O)NCCCC. The third-order valence-corrected chi connectivity index (χ3v) is 6.84. The van der Waals surface area contributed by atoms with Gasteiger partial charge in [0.2, 0.25) is 0 Å². The first-order valence-corrected chi connectivity index (χ1v) is 13.4. The second-order valence-electron chi connectivity index (χ2n) is 9.53. The predicted molar refractivity (Wildman–Crippen MR) is 131 cm³/mol. The highest BCUT2D eigenvalue weighted by Gasteiger charge is 2.25. The predicted octanol–water partition coefficient (Wildman–Crippen LogP) is 6.23.